The van der Waals surface area contributed by atoms with Crippen LogP contribution in [0.4, 0.5) is 0 Å². The van der Waals surface area contributed by atoms with Crippen molar-refractivity contribution in [2.24, 2.45) is 11.8 Å². The third-order valence-electron chi connectivity index (χ3n) is 3.76. The minimum atomic E-state index is -0.0829. The Kier molecular flexibility index (Phi) is 3.15. The van der Waals surface area contributed by atoms with Crippen LogP contribution >= 0.6 is 0 Å². The summed E-state index contributed by atoms with van der Waals surface area (Å²) in [5, 5.41) is 12.2. The van der Waals surface area contributed by atoms with Crippen LogP contribution in [0.5, 0.6) is 0 Å². The summed E-state index contributed by atoms with van der Waals surface area (Å²) in [6.07, 6.45) is 3.32. The first-order valence-electron chi connectivity index (χ1n) is 6.02. The molecule has 0 aromatic carbocycles. The van der Waals surface area contributed by atoms with Gasteiger partial charge in [-0.05, 0) is 26.2 Å². The predicted octanol–water partition coefficient (Wildman–Crippen LogP) is 0.745. The van der Waals surface area contributed by atoms with Crippen molar-refractivity contribution in [2.75, 3.05) is 13.6 Å². The second kappa shape index (κ2) is 4.42. The van der Waals surface area contributed by atoms with E-state index in [4.69, 9.17) is 5.26 Å². The van der Waals surface area contributed by atoms with Gasteiger partial charge in [-0.2, -0.15) is 5.26 Å². The fraction of sp³-hybridized carbons (Fsp3) is 0.833. The summed E-state index contributed by atoms with van der Waals surface area (Å²) in [5.41, 5.74) is 0. The van der Waals surface area contributed by atoms with Crippen LogP contribution in [0.2, 0.25) is 0 Å². The van der Waals surface area contributed by atoms with E-state index in [1.54, 1.807) is 4.90 Å². The topological polar surface area (TPSA) is 56.1 Å². The number of rotatable bonds is 3. The molecule has 2 heterocycles. The van der Waals surface area contributed by atoms with E-state index < -0.39 is 0 Å². The molecule has 1 N–H and O–H groups in total. The lowest BCUT2D eigenvalue weighted by Gasteiger charge is -2.26. The highest BCUT2D eigenvalue weighted by Crippen LogP contribution is 2.34. The Morgan fingerprint density at radius 2 is 2.38 bits per heavy atom. The molecule has 4 atom stereocenters. The number of nitrogens with one attached hydrogen (secondary N) is 1. The smallest absolute Gasteiger partial charge is 0.227 e. The van der Waals surface area contributed by atoms with Gasteiger partial charge in [0.2, 0.25) is 5.91 Å². The normalized spacial score (nSPS) is 33.4. The van der Waals surface area contributed by atoms with Crippen LogP contribution in [-0.4, -0.2) is 36.5 Å². The number of hydrogen-bond acceptors (Lipinski definition) is 3. The third kappa shape index (κ3) is 2.05. The Labute approximate surface area is 96.6 Å². The molecule has 0 aromatic rings. The zero-order valence-electron chi connectivity index (χ0n) is 9.94. The van der Waals surface area contributed by atoms with Crippen molar-refractivity contribution in [1.82, 2.24) is 10.2 Å². The van der Waals surface area contributed by atoms with Crippen LogP contribution in [0, 0.1) is 23.2 Å². The van der Waals surface area contributed by atoms with E-state index in [-0.39, 0.29) is 17.7 Å². The molecule has 2 aliphatic heterocycles. The fourth-order valence-electron chi connectivity index (χ4n) is 2.92. The van der Waals surface area contributed by atoms with Gasteiger partial charge < -0.3 is 10.2 Å². The average molecular weight is 221 g/mol. The van der Waals surface area contributed by atoms with Gasteiger partial charge in [0.05, 0.1) is 17.9 Å². The minimum absolute atomic E-state index is 0.0829. The maximum atomic E-state index is 12.2. The molecule has 0 radical (unpaired) electrons. The van der Waals surface area contributed by atoms with Crippen molar-refractivity contribution in [3.63, 3.8) is 0 Å². The number of hydrogen-bond donors (Lipinski definition) is 1. The van der Waals surface area contributed by atoms with Crippen LogP contribution in [-0.2, 0) is 4.79 Å². The molecule has 16 heavy (non-hydrogen) atoms. The molecule has 0 aromatic heterocycles. The zero-order valence-corrected chi connectivity index (χ0v) is 9.94. The Hall–Kier alpha value is -1.08. The lowest BCUT2D eigenvalue weighted by molar-refractivity contribution is -0.135. The van der Waals surface area contributed by atoms with Crippen molar-refractivity contribution in [3.8, 4) is 6.07 Å². The molecular weight excluding hydrogens is 202 g/mol. The van der Waals surface area contributed by atoms with Gasteiger partial charge in [-0.15, -0.1) is 0 Å². The summed E-state index contributed by atoms with van der Waals surface area (Å²) in [6.45, 7) is 2.39. The molecule has 2 fully saturated rings. The van der Waals surface area contributed by atoms with Gasteiger partial charge >= 0.3 is 0 Å². The van der Waals surface area contributed by atoms with Gasteiger partial charge in [-0.3, -0.25) is 4.79 Å². The summed E-state index contributed by atoms with van der Waals surface area (Å²) in [5.74, 6) is 0.275. The van der Waals surface area contributed by atoms with Crippen molar-refractivity contribution in [2.45, 2.75) is 38.3 Å². The van der Waals surface area contributed by atoms with Gasteiger partial charge in [0, 0.05) is 25.7 Å². The molecule has 2 rings (SSSR count). The lowest BCUT2D eigenvalue weighted by atomic mass is 9.88. The number of fused-ring (bicyclic) bond motifs is 2. The van der Waals surface area contributed by atoms with Crippen molar-refractivity contribution in [3.05, 3.63) is 0 Å². The van der Waals surface area contributed by atoms with Crippen LogP contribution in [0.1, 0.15) is 26.2 Å². The van der Waals surface area contributed by atoms with Gasteiger partial charge in [0.15, 0.2) is 0 Å². The largest absolute Gasteiger partial charge is 0.344 e. The molecule has 0 saturated carbocycles. The summed E-state index contributed by atoms with van der Waals surface area (Å²) in [7, 11) is 1.81. The molecular formula is C12H19N3O. The van der Waals surface area contributed by atoms with Gasteiger partial charge in [-0.25, -0.2) is 0 Å². The highest BCUT2D eigenvalue weighted by atomic mass is 16.2. The second-order valence-corrected chi connectivity index (χ2v) is 5.14. The van der Waals surface area contributed by atoms with E-state index in [0.717, 1.165) is 12.8 Å². The van der Waals surface area contributed by atoms with Gasteiger partial charge in [0.25, 0.3) is 0 Å². The predicted molar refractivity (Wildman–Crippen MR) is 60.5 cm³/mol. The summed E-state index contributed by atoms with van der Waals surface area (Å²) < 4.78 is 0. The molecule has 2 aliphatic rings. The van der Waals surface area contributed by atoms with Crippen LogP contribution in [0.3, 0.4) is 0 Å². The Bertz CT molecular complexity index is 323. The van der Waals surface area contributed by atoms with Gasteiger partial charge in [0.1, 0.15) is 0 Å². The number of amides is 1. The van der Waals surface area contributed by atoms with E-state index in [2.05, 4.69) is 11.4 Å². The molecule has 4 unspecified atom stereocenters. The first-order chi connectivity index (χ1) is 7.61. The van der Waals surface area contributed by atoms with E-state index in [1.807, 2.05) is 14.0 Å². The quantitative estimate of drug-likeness (QED) is 0.765. The van der Waals surface area contributed by atoms with Crippen molar-refractivity contribution < 1.29 is 4.79 Å². The molecule has 4 nitrogen and oxygen atoms in total. The van der Waals surface area contributed by atoms with E-state index >= 15 is 0 Å². The van der Waals surface area contributed by atoms with Crippen molar-refractivity contribution in [1.29, 1.82) is 5.26 Å². The van der Waals surface area contributed by atoms with E-state index in [1.165, 1.54) is 6.42 Å². The summed E-state index contributed by atoms with van der Waals surface area (Å²) in [4.78, 5) is 13.9. The third-order valence-corrected chi connectivity index (χ3v) is 3.76. The standard InChI is InChI=1S/C12H19N3O/c1-8(6-13)7-15(2)12(16)10-5-9-3-4-11(10)14-9/h8-11,14H,3-5,7H2,1-2H3. The zero-order chi connectivity index (χ0) is 11.7. The minimum Gasteiger partial charge on any atom is -0.344 e. The SMILES string of the molecule is CC(C#N)CN(C)C(=O)C1CC2CCC1N2. The van der Waals surface area contributed by atoms with Crippen LogP contribution in [0.15, 0.2) is 0 Å². The maximum Gasteiger partial charge on any atom is 0.227 e. The Balaban J connectivity index is 1.90. The average Bonchev–Trinajstić information content (AvgIpc) is 2.89. The summed E-state index contributed by atoms with van der Waals surface area (Å²) in [6, 6.07) is 3.11. The van der Waals surface area contributed by atoms with Gasteiger partial charge in [-0.1, -0.05) is 0 Å². The second-order valence-electron chi connectivity index (χ2n) is 5.14. The number of nitrogens with zero attached hydrogens (tertiary/aromatic N) is 2. The van der Waals surface area contributed by atoms with E-state index in [9.17, 15) is 4.79 Å². The van der Waals surface area contributed by atoms with Crippen LogP contribution < -0.4 is 5.32 Å². The molecule has 2 saturated heterocycles. The molecule has 88 valence electrons. The van der Waals surface area contributed by atoms with Crippen LogP contribution in [0.25, 0.3) is 0 Å². The first kappa shape index (κ1) is 11.4. The first-order valence-corrected chi connectivity index (χ1v) is 6.02. The van der Waals surface area contributed by atoms with Crippen molar-refractivity contribution >= 4 is 5.91 Å². The lowest BCUT2D eigenvalue weighted by Crippen LogP contribution is -2.40. The monoisotopic (exact) mass is 221 g/mol. The number of carbonyl (C=O) groups excluding carboxylic acids is 1. The maximum absolute atomic E-state index is 12.2. The highest BCUT2D eigenvalue weighted by molar-refractivity contribution is 5.80. The highest BCUT2D eigenvalue weighted by Gasteiger charge is 2.43. The molecule has 0 spiro atoms. The molecule has 1 amide bonds. The molecule has 2 bridgehead atoms. The Morgan fingerprint density at radius 1 is 1.62 bits per heavy atom. The fourth-order valence-corrected chi connectivity index (χ4v) is 2.92. The summed E-state index contributed by atoms with van der Waals surface area (Å²) >= 11 is 0. The Morgan fingerprint density at radius 3 is 2.88 bits per heavy atom. The van der Waals surface area contributed by atoms with E-state index in [0.29, 0.717) is 18.6 Å². The number of nitriles is 1. The number of carbonyl (C=O) groups is 1. The molecule has 0 aliphatic carbocycles. The molecule has 4 heteroatoms.